The summed E-state index contributed by atoms with van der Waals surface area (Å²) in [4.78, 5) is 6.23. The zero-order valence-electron chi connectivity index (χ0n) is 19.4. The third kappa shape index (κ3) is 4.10. The minimum atomic E-state index is -2.92. The highest BCUT2D eigenvalue weighted by Crippen LogP contribution is 2.37. The fraction of sp³-hybridized carbons (Fsp3) is 0.478. The number of hydrogen-bond donors (Lipinski definition) is 1. The number of methoxy groups -OCH3 is 1. The van der Waals surface area contributed by atoms with Crippen LogP contribution in [0.3, 0.4) is 0 Å². The van der Waals surface area contributed by atoms with Crippen molar-refractivity contribution in [2.24, 2.45) is 0 Å². The van der Waals surface area contributed by atoms with Gasteiger partial charge >= 0.3 is 0 Å². The summed E-state index contributed by atoms with van der Waals surface area (Å²) in [5.41, 5.74) is 2.86. The second-order valence-electron chi connectivity index (χ2n) is 9.28. The van der Waals surface area contributed by atoms with Gasteiger partial charge in [0.2, 0.25) is 11.8 Å². The van der Waals surface area contributed by atoms with Crippen LogP contribution in [0.2, 0.25) is 0 Å². The molecular weight excluding hydrogens is 480 g/mol. The van der Waals surface area contributed by atoms with Crippen molar-refractivity contribution in [1.29, 1.82) is 0 Å². The third-order valence-electron chi connectivity index (χ3n) is 6.80. The molecule has 4 heterocycles. The summed E-state index contributed by atoms with van der Waals surface area (Å²) in [6.45, 7) is -0.242. The molecule has 0 amide bonds. The van der Waals surface area contributed by atoms with Crippen LogP contribution < -0.4 is 10.1 Å². The number of aromatic nitrogens is 6. The Bertz CT molecular complexity index is 1420. The van der Waals surface area contributed by atoms with E-state index < -0.39 is 24.9 Å². The molecule has 1 saturated carbocycles. The van der Waals surface area contributed by atoms with Crippen molar-refractivity contribution < 1.29 is 22.3 Å². The van der Waals surface area contributed by atoms with Gasteiger partial charge in [0.05, 0.1) is 25.2 Å². The summed E-state index contributed by atoms with van der Waals surface area (Å²) in [5, 5.41) is 15.0. The lowest BCUT2D eigenvalue weighted by Gasteiger charge is -2.38. The van der Waals surface area contributed by atoms with Gasteiger partial charge in [-0.15, -0.1) is 10.2 Å². The number of fused-ring (bicyclic) bond motifs is 2. The second kappa shape index (κ2) is 8.57. The van der Waals surface area contributed by atoms with E-state index in [0.29, 0.717) is 34.2 Å². The van der Waals surface area contributed by atoms with E-state index in [-0.39, 0.29) is 30.8 Å². The lowest BCUT2D eigenvalue weighted by atomic mass is 10.0. The molecule has 1 N–H and O–H groups in total. The Morgan fingerprint density at radius 2 is 2.03 bits per heavy atom. The molecule has 1 unspecified atom stereocenters. The van der Waals surface area contributed by atoms with Crippen LogP contribution in [0.4, 0.5) is 23.5 Å². The van der Waals surface area contributed by atoms with Gasteiger partial charge in [-0.25, -0.2) is 26.8 Å². The molecule has 0 spiro atoms. The van der Waals surface area contributed by atoms with Gasteiger partial charge in [-0.1, -0.05) is 11.3 Å². The van der Waals surface area contributed by atoms with Gasteiger partial charge in [-0.3, -0.25) is 4.90 Å². The maximum atomic E-state index is 14.9. The zero-order chi connectivity index (χ0) is 25.0. The zero-order valence-corrected chi connectivity index (χ0v) is 19.4. The van der Waals surface area contributed by atoms with E-state index in [1.807, 2.05) is 4.90 Å². The fourth-order valence-corrected chi connectivity index (χ4v) is 4.88. The fourth-order valence-electron chi connectivity index (χ4n) is 4.88. The van der Waals surface area contributed by atoms with Crippen LogP contribution in [-0.2, 0) is 6.54 Å². The van der Waals surface area contributed by atoms with Gasteiger partial charge in [0, 0.05) is 24.3 Å². The normalized spacial score (nSPS) is 20.4. The molecule has 0 radical (unpaired) electrons. The van der Waals surface area contributed by atoms with Gasteiger partial charge in [0.15, 0.2) is 0 Å². The topological polar surface area (TPSA) is 85.4 Å². The summed E-state index contributed by atoms with van der Waals surface area (Å²) in [6.07, 6.45) is 1.36. The monoisotopic (exact) mass is 504 g/mol. The Morgan fingerprint density at radius 1 is 1.19 bits per heavy atom. The summed E-state index contributed by atoms with van der Waals surface area (Å²) in [7, 11) is 1.44. The number of halogens is 4. The average Bonchev–Trinajstić information content (AvgIpc) is 3.50. The quantitative estimate of drug-likeness (QED) is 0.384. The van der Waals surface area contributed by atoms with Crippen LogP contribution in [0.25, 0.3) is 27.7 Å². The SMILES string of the molecule is COc1nc(NC2CCN(C3CC3)CC2(F)F)nn2ccc(-c3ccc4nnn(CC(F)F)c4c3)c12. The minimum Gasteiger partial charge on any atom is -0.479 e. The highest BCUT2D eigenvalue weighted by Gasteiger charge is 2.48. The molecule has 3 aromatic heterocycles. The molecule has 1 aliphatic carbocycles. The van der Waals surface area contributed by atoms with Crippen molar-refractivity contribution in [2.75, 3.05) is 25.5 Å². The summed E-state index contributed by atoms with van der Waals surface area (Å²) in [6, 6.07) is 6.18. The highest BCUT2D eigenvalue weighted by atomic mass is 19.3. The first-order chi connectivity index (χ1) is 17.3. The lowest BCUT2D eigenvalue weighted by molar-refractivity contribution is -0.0761. The number of hydrogen-bond acceptors (Lipinski definition) is 7. The maximum Gasteiger partial charge on any atom is 0.280 e. The van der Waals surface area contributed by atoms with E-state index in [1.165, 1.54) is 11.6 Å². The van der Waals surface area contributed by atoms with Gasteiger partial charge < -0.3 is 10.1 Å². The highest BCUT2D eigenvalue weighted by molar-refractivity contribution is 5.89. The lowest BCUT2D eigenvalue weighted by Crippen LogP contribution is -2.55. The number of likely N-dealkylation sites (tertiary alicyclic amines) is 1. The molecule has 1 aromatic carbocycles. The van der Waals surface area contributed by atoms with E-state index in [4.69, 9.17) is 4.74 Å². The molecule has 13 heteroatoms. The van der Waals surface area contributed by atoms with E-state index in [0.717, 1.165) is 17.5 Å². The van der Waals surface area contributed by atoms with Crippen molar-refractivity contribution in [3.8, 4) is 17.0 Å². The molecule has 1 aliphatic heterocycles. The number of rotatable bonds is 7. The molecule has 6 rings (SSSR count). The Hall–Kier alpha value is -3.48. The van der Waals surface area contributed by atoms with Crippen LogP contribution in [-0.4, -0.2) is 79.1 Å². The van der Waals surface area contributed by atoms with Crippen LogP contribution in [0.15, 0.2) is 30.5 Å². The second-order valence-corrected chi connectivity index (χ2v) is 9.28. The molecule has 9 nitrogen and oxygen atoms in total. The number of nitrogens with zero attached hydrogens (tertiary/aromatic N) is 7. The molecule has 1 atom stereocenters. The van der Waals surface area contributed by atoms with E-state index in [2.05, 4.69) is 25.7 Å². The number of nitrogens with one attached hydrogen (secondary N) is 1. The van der Waals surface area contributed by atoms with Gasteiger partial charge in [-0.2, -0.15) is 4.98 Å². The standard InChI is InChI=1S/C23H24F4N8O/c1-36-21-20-15(13-2-5-16-17(10-13)35(32-30-16)11-19(24)25)6-9-34(20)31-22(29-21)28-18-7-8-33(14-3-4-14)12-23(18,26)27/h2,5-6,9-10,14,18-19H,3-4,7-8,11-12H2,1H3,(H,28,31). The van der Waals surface area contributed by atoms with Crippen molar-refractivity contribution in [1.82, 2.24) is 34.5 Å². The Balaban J connectivity index is 1.32. The number of piperidine rings is 1. The molecule has 2 fully saturated rings. The summed E-state index contributed by atoms with van der Waals surface area (Å²) < 4.78 is 63.8. The predicted molar refractivity (Wildman–Crippen MR) is 124 cm³/mol. The molecule has 0 bridgehead atoms. The number of anilines is 1. The van der Waals surface area contributed by atoms with Crippen molar-refractivity contribution in [2.45, 2.75) is 50.2 Å². The molecule has 36 heavy (non-hydrogen) atoms. The predicted octanol–water partition coefficient (Wildman–Crippen LogP) is 3.70. The minimum absolute atomic E-state index is 0.0423. The Morgan fingerprint density at radius 3 is 2.75 bits per heavy atom. The number of ether oxygens (including phenoxy) is 1. The van der Waals surface area contributed by atoms with Crippen LogP contribution in [0.1, 0.15) is 19.3 Å². The number of alkyl halides is 4. The van der Waals surface area contributed by atoms with Crippen molar-refractivity contribution in [3.05, 3.63) is 30.5 Å². The first-order valence-electron chi connectivity index (χ1n) is 11.8. The molecule has 1 saturated heterocycles. The third-order valence-corrected chi connectivity index (χ3v) is 6.80. The van der Waals surface area contributed by atoms with Crippen molar-refractivity contribution >= 4 is 22.5 Å². The molecule has 190 valence electrons. The van der Waals surface area contributed by atoms with E-state index in [9.17, 15) is 17.6 Å². The molecule has 4 aromatic rings. The van der Waals surface area contributed by atoms with E-state index >= 15 is 0 Å². The molecule has 2 aliphatic rings. The van der Waals surface area contributed by atoms with Gasteiger partial charge in [0.25, 0.3) is 12.3 Å². The first-order valence-corrected chi connectivity index (χ1v) is 11.8. The van der Waals surface area contributed by atoms with E-state index in [1.54, 1.807) is 30.5 Å². The van der Waals surface area contributed by atoms with Crippen LogP contribution in [0, 0.1) is 0 Å². The van der Waals surface area contributed by atoms with Crippen LogP contribution >= 0.6 is 0 Å². The maximum absolute atomic E-state index is 14.9. The summed E-state index contributed by atoms with van der Waals surface area (Å²) in [5.74, 6) is -2.68. The van der Waals surface area contributed by atoms with Gasteiger partial charge in [-0.05, 0) is 43.0 Å². The molecular formula is C23H24F4N8O. The van der Waals surface area contributed by atoms with Crippen molar-refractivity contribution in [3.63, 3.8) is 0 Å². The first kappa shape index (κ1) is 23.0. The smallest absolute Gasteiger partial charge is 0.280 e. The average molecular weight is 504 g/mol. The Kier molecular flexibility index (Phi) is 5.47. The largest absolute Gasteiger partial charge is 0.479 e. The summed E-state index contributed by atoms with van der Waals surface area (Å²) >= 11 is 0. The van der Waals surface area contributed by atoms with Gasteiger partial charge in [0.1, 0.15) is 17.6 Å². The number of benzene rings is 1. The van der Waals surface area contributed by atoms with Crippen LogP contribution in [0.5, 0.6) is 5.88 Å². The Labute approximate surface area is 203 Å².